The first-order valence-electron chi connectivity index (χ1n) is 6.23. The first kappa shape index (κ1) is 13.4. The standard InChI is InChI=1S/C14H17NO4/c1-9-8-10(19-2)5-6-11(9)13(16)15-7-3-4-12(15)14(17)18/h5-6,8,12H,3-4,7H2,1-2H3,(H,17,18)/t12-/m1/s1. The summed E-state index contributed by atoms with van der Waals surface area (Å²) < 4.78 is 5.10. The van der Waals surface area contributed by atoms with Crippen molar-refractivity contribution in [2.75, 3.05) is 13.7 Å². The van der Waals surface area contributed by atoms with Crippen molar-refractivity contribution in [1.29, 1.82) is 0 Å². The monoisotopic (exact) mass is 263 g/mol. The molecule has 1 aromatic rings. The number of carbonyl (C=O) groups excluding carboxylic acids is 1. The van der Waals surface area contributed by atoms with Crippen LogP contribution in [0.1, 0.15) is 28.8 Å². The highest BCUT2D eigenvalue weighted by Crippen LogP contribution is 2.23. The number of carboxylic acid groups (broad SMARTS) is 1. The summed E-state index contributed by atoms with van der Waals surface area (Å²) in [4.78, 5) is 25.0. The van der Waals surface area contributed by atoms with Crippen molar-refractivity contribution in [1.82, 2.24) is 4.90 Å². The van der Waals surface area contributed by atoms with E-state index in [1.165, 1.54) is 4.90 Å². The number of likely N-dealkylation sites (tertiary alicyclic amines) is 1. The molecule has 1 aliphatic rings. The van der Waals surface area contributed by atoms with Crippen molar-refractivity contribution < 1.29 is 19.4 Å². The van der Waals surface area contributed by atoms with Crippen LogP contribution >= 0.6 is 0 Å². The zero-order valence-corrected chi connectivity index (χ0v) is 11.0. The van der Waals surface area contributed by atoms with Gasteiger partial charge in [-0.15, -0.1) is 0 Å². The van der Waals surface area contributed by atoms with E-state index in [0.717, 1.165) is 12.0 Å². The molecule has 1 N–H and O–H groups in total. The summed E-state index contributed by atoms with van der Waals surface area (Å²) in [6.45, 7) is 2.32. The normalized spacial score (nSPS) is 18.4. The van der Waals surface area contributed by atoms with E-state index in [0.29, 0.717) is 24.3 Å². The molecule has 1 aromatic carbocycles. The summed E-state index contributed by atoms with van der Waals surface area (Å²) >= 11 is 0. The van der Waals surface area contributed by atoms with Crippen molar-refractivity contribution in [3.8, 4) is 5.75 Å². The zero-order valence-electron chi connectivity index (χ0n) is 11.0. The van der Waals surface area contributed by atoms with E-state index in [1.807, 2.05) is 6.92 Å². The molecule has 5 nitrogen and oxygen atoms in total. The summed E-state index contributed by atoms with van der Waals surface area (Å²) in [7, 11) is 1.57. The van der Waals surface area contributed by atoms with Gasteiger partial charge >= 0.3 is 5.97 Å². The maximum atomic E-state index is 12.4. The predicted octanol–water partition coefficient (Wildman–Crippen LogP) is 1.69. The minimum absolute atomic E-state index is 0.218. The number of nitrogens with zero attached hydrogens (tertiary/aromatic N) is 1. The Morgan fingerprint density at radius 1 is 1.42 bits per heavy atom. The number of carboxylic acids is 1. The van der Waals surface area contributed by atoms with Gasteiger partial charge in [-0.25, -0.2) is 4.79 Å². The van der Waals surface area contributed by atoms with Crippen LogP contribution in [0.4, 0.5) is 0 Å². The van der Waals surface area contributed by atoms with E-state index in [-0.39, 0.29) is 5.91 Å². The highest BCUT2D eigenvalue weighted by Gasteiger charge is 2.34. The van der Waals surface area contributed by atoms with Gasteiger partial charge in [-0.05, 0) is 43.5 Å². The molecule has 0 unspecified atom stereocenters. The number of rotatable bonds is 3. The Hall–Kier alpha value is -2.04. The van der Waals surface area contributed by atoms with Crippen LogP contribution in [0.3, 0.4) is 0 Å². The van der Waals surface area contributed by atoms with Gasteiger partial charge in [0.2, 0.25) is 0 Å². The minimum Gasteiger partial charge on any atom is -0.497 e. The van der Waals surface area contributed by atoms with Crippen LogP contribution in [-0.2, 0) is 4.79 Å². The lowest BCUT2D eigenvalue weighted by molar-refractivity contribution is -0.141. The molecule has 0 aliphatic carbocycles. The molecule has 0 radical (unpaired) electrons. The second-order valence-electron chi connectivity index (χ2n) is 4.68. The SMILES string of the molecule is COc1ccc(C(=O)N2CCC[C@@H]2C(=O)O)c(C)c1. The van der Waals surface area contributed by atoms with E-state index < -0.39 is 12.0 Å². The van der Waals surface area contributed by atoms with Crippen molar-refractivity contribution in [2.24, 2.45) is 0 Å². The van der Waals surface area contributed by atoms with Crippen LogP contribution in [0.25, 0.3) is 0 Å². The molecule has 1 fully saturated rings. The Labute approximate surface area is 111 Å². The minimum atomic E-state index is -0.933. The van der Waals surface area contributed by atoms with E-state index in [9.17, 15) is 9.59 Å². The van der Waals surface area contributed by atoms with Gasteiger partial charge in [0.25, 0.3) is 5.91 Å². The number of aliphatic carboxylic acids is 1. The molecule has 102 valence electrons. The molecular formula is C14H17NO4. The molecule has 0 bridgehead atoms. The summed E-state index contributed by atoms with van der Waals surface area (Å²) in [6.07, 6.45) is 1.26. The van der Waals surface area contributed by atoms with E-state index in [4.69, 9.17) is 9.84 Å². The Balaban J connectivity index is 2.26. The van der Waals surface area contributed by atoms with Crippen LogP contribution < -0.4 is 4.74 Å². The topological polar surface area (TPSA) is 66.8 Å². The summed E-state index contributed by atoms with van der Waals surface area (Å²) in [6, 6.07) is 4.48. The van der Waals surface area contributed by atoms with E-state index in [2.05, 4.69) is 0 Å². The molecule has 1 heterocycles. The van der Waals surface area contributed by atoms with Gasteiger partial charge < -0.3 is 14.7 Å². The summed E-state index contributed by atoms with van der Waals surface area (Å²) in [5.41, 5.74) is 1.33. The fourth-order valence-electron chi connectivity index (χ4n) is 2.42. The molecule has 19 heavy (non-hydrogen) atoms. The Kier molecular flexibility index (Phi) is 3.74. The number of ether oxygens (including phenoxy) is 1. The van der Waals surface area contributed by atoms with Gasteiger partial charge in [-0.3, -0.25) is 4.79 Å². The summed E-state index contributed by atoms with van der Waals surface area (Å²) in [5.74, 6) is -0.465. The lowest BCUT2D eigenvalue weighted by Gasteiger charge is -2.22. The summed E-state index contributed by atoms with van der Waals surface area (Å²) in [5, 5.41) is 9.12. The molecule has 0 saturated carbocycles. The van der Waals surface area contributed by atoms with Crippen molar-refractivity contribution in [3.05, 3.63) is 29.3 Å². The van der Waals surface area contributed by atoms with Crippen LogP contribution in [-0.4, -0.2) is 41.6 Å². The second kappa shape index (κ2) is 5.30. The zero-order chi connectivity index (χ0) is 14.0. The number of amides is 1. The number of methoxy groups -OCH3 is 1. The average molecular weight is 263 g/mol. The van der Waals surface area contributed by atoms with E-state index in [1.54, 1.807) is 25.3 Å². The molecule has 1 aliphatic heterocycles. The molecule has 0 aromatic heterocycles. The quantitative estimate of drug-likeness (QED) is 0.901. The highest BCUT2D eigenvalue weighted by atomic mass is 16.5. The van der Waals surface area contributed by atoms with Crippen molar-refractivity contribution >= 4 is 11.9 Å². The van der Waals surface area contributed by atoms with Crippen molar-refractivity contribution in [3.63, 3.8) is 0 Å². The Bertz CT molecular complexity index is 512. The molecule has 0 spiro atoms. The largest absolute Gasteiger partial charge is 0.497 e. The van der Waals surface area contributed by atoms with Crippen LogP contribution in [0.2, 0.25) is 0 Å². The molecule has 1 atom stereocenters. The van der Waals surface area contributed by atoms with Crippen LogP contribution in [0, 0.1) is 6.92 Å². The number of hydrogen-bond acceptors (Lipinski definition) is 3. The Morgan fingerprint density at radius 3 is 2.74 bits per heavy atom. The number of benzene rings is 1. The highest BCUT2D eigenvalue weighted by molar-refractivity contribution is 5.98. The lowest BCUT2D eigenvalue weighted by atomic mass is 10.1. The third-order valence-electron chi connectivity index (χ3n) is 3.46. The number of carbonyl (C=O) groups is 2. The maximum Gasteiger partial charge on any atom is 0.326 e. The average Bonchev–Trinajstić information content (AvgIpc) is 2.87. The molecule has 2 rings (SSSR count). The van der Waals surface area contributed by atoms with Gasteiger partial charge in [0.15, 0.2) is 0 Å². The smallest absolute Gasteiger partial charge is 0.326 e. The molecule has 5 heteroatoms. The molecule has 1 saturated heterocycles. The molecule has 1 amide bonds. The second-order valence-corrected chi connectivity index (χ2v) is 4.68. The number of hydrogen-bond donors (Lipinski definition) is 1. The van der Waals surface area contributed by atoms with E-state index >= 15 is 0 Å². The Morgan fingerprint density at radius 2 is 2.16 bits per heavy atom. The van der Waals surface area contributed by atoms with Gasteiger partial charge in [0, 0.05) is 12.1 Å². The van der Waals surface area contributed by atoms with Gasteiger partial charge in [-0.1, -0.05) is 0 Å². The number of aryl methyl sites for hydroxylation is 1. The maximum absolute atomic E-state index is 12.4. The van der Waals surface area contributed by atoms with Gasteiger partial charge in [0.05, 0.1) is 7.11 Å². The van der Waals surface area contributed by atoms with Crippen LogP contribution in [0.15, 0.2) is 18.2 Å². The third kappa shape index (κ3) is 2.54. The molecular weight excluding hydrogens is 246 g/mol. The first-order chi connectivity index (χ1) is 9.04. The third-order valence-corrected chi connectivity index (χ3v) is 3.46. The lowest BCUT2D eigenvalue weighted by Crippen LogP contribution is -2.40. The fraction of sp³-hybridized carbons (Fsp3) is 0.429. The van der Waals surface area contributed by atoms with Crippen molar-refractivity contribution in [2.45, 2.75) is 25.8 Å². The fourth-order valence-corrected chi connectivity index (χ4v) is 2.42. The van der Waals surface area contributed by atoms with Gasteiger partial charge in [0.1, 0.15) is 11.8 Å². The first-order valence-corrected chi connectivity index (χ1v) is 6.23. The van der Waals surface area contributed by atoms with Crippen LogP contribution in [0.5, 0.6) is 5.75 Å². The predicted molar refractivity (Wildman–Crippen MR) is 69.4 cm³/mol. The van der Waals surface area contributed by atoms with Gasteiger partial charge in [-0.2, -0.15) is 0 Å².